The largest absolute Gasteiger partial charge is 0.507 e. The van der Waals surface area contributed by atoms with E-state index in [9.17, 15) is 5.11 Å². The molecule has 0 amide bonds. The van der Waals surface area contributed by atoms with Gasteiger partial charge in [-0.05, 0) is 122 Å². The fraction of sp³-hybridized carbons (Fsp3) is 0.200. The number of aromatic hydroxyl groups is 1. The number of imidazole rings is 1. The Kier molecular flexibility index (Phi) is 11.2. The molecule has 0 radical (unpaired) electrons. The molecular weight excluding hydrogens is 779 g/mol. The zero-order chi connectivity index (χ0) is 44.8. The summed E-state index contributed by atoms with van der Waals surface area (Å²) in [6, 6.07) is 60.4. The summed E-state index contributed by atoms with van der Waals surface area (Å²) in [4.78, 5) is 10.6. The molecule has 0 saturated heterocycles. The van der Waals surface area contributed by atoms with Crippen molar-refractivity contribution in [1.29, 1.82) is 0 Å². The molecule has 0 unspecified atom stereocenters. The number of fused-ring (bicyclic) bond motifs is 1. The van der Waals surface area contributed by atoms with Crippen molar-refractivity contribution in [3.8, 4) is 78.6 Å². The Hall–Kier alpha value is -7.04. The molecule has 0 bridgehead atoms. The van der Waals surface area contributed by atoms with Gasteiger partial charge in [0, 0.05) is 28.5 Å². The molecule has 64 heavy (non-hydrogen) atoms. The number of phenolic OH excluding ortho intramolecular Hbond substituents is 1. The number of hydrogen-bond acceptors (Lipinski definition) is 3. The summed E-state index contributed by atoms with van der Waals surface area (Å²) in [6.07, 6.45) is 2.87. The highest BCUT2D eigenvalue weighted by Gasteiger charge is 2.29. The van der Waals surface area contributed by atoms with E-state index in [0.29, 0.717) is 17.3 Å². The molecule has 9 rings (SSSR count). The summed E-state index contributed by atoms with van der Waals surface area (Å²) in [5.41, 5.74) is 17.0. The molecule has 0 aliphatic rings. The minimum Gasteiger partial charge on any atom is -0.507 e. The highest BCUT2D eigenvalue weighted by atomic mass is 16.3. The van der Waals surface area contributed by atoms with Crippen molar-refractivity contribution in [2.24, 2.45) is 5.92 Å². The zero-order valence-electron chi connectivity index (χ0n) is 38.3. The number of para-hydroxylation sites is 1. The fourth-order valence-corrected chi connectivity index (χ4v) is 8.92. The van der Waals surface area contributed by atoms with E-state index in [1.165, 1.54) is 5.56 Å². The van der Waals surface area contributed by atoms with Gasteiger partial charge in [0.25, 0.3) is 0 Å². The minimum atomic E-state index is -0.323. The van der Waals surface area contributed by atoms with Gasteiger partial charge in [-0.15, -0.1) is 0 Å². The van der Waals surface area contributed by atoms with Gasteiger partial charge < -0.3 is 5.11 Å². The SMILES string of the molecule is CC(C)Cc1ccc(-n2c(-c3cc(C(C)(C)C)cc(C(C)(C)C)c3O)nc3c(-c4cc(-c5ccccc5)cc(-c5cc(-c6ccccc6)ccn5)c4)cccc32)c(-c2ccccc2)c1. The average Bonchev–Trinajstić information content (AvgIpc) is 3.68. The summed E-state index contributed by atoms with van der Waals surface area (Å²) in [5.74, 6) is 1.46. The van der Waals surface area contributed by atoms with Gasteiger partial charge in [0.15, 0.2) is 0 Å². The van der Waals surface area contributed by atoms with Crippen LogP contribution < -0.4 is 0 Å². The van der Waals surface area contributed by atoms with Crippen molar-refractivity contribution in [2.75, 3.05) is 0 Å². The van der Waals surface area contributed by atoms with Gasteiger partial charge in [-0.1, -0.05) is 171 Å². The van der Waals surface area contributed by atoms with Crippen molar-refractivity contribution in [1.82, 2.24) is 14.5 Å². The van der Waals surface area contributed by atoms with Crippen molar-refractivity contribution in [3.63, 3.8) is 0 Å². The van der Waals surface area contributed by atoms with Gasteiger partial charge in [-0.25, -0.2) is 4.98 Å². The van der Waals surface area contributed by atoms with E-state index in [1.807, 2.05) is 12.3 Å². The van der Waals surface area contributed by atoms with Crippen LogP contribution in [0.1, 0.15) is 72.1 Å². The van der Waals surface area contributed by atoms with Crippen LogP contribution >= 0.6 is 0 Å². The smallest absolute Gasteiger partial charge is 0.149 e. The number of phenols is 1. The van der Waals surface area contributed by atoms with E-state index in [0.717, 1.165) is 90.0 Å². The first-order chi connectivity index (χ1) is 30.7. The van der Waals surface area contributed by atoms with Crippen LogP contribution in [0.25, 0.3) is 83.9 Å². The van der Waals surface area contributed by atoms with E-state index < -0.39 is 0 Å². The Balaban J connectivity index is 1.36. The number of benzene rings is 7. The predicted molar refractivity (Wildman–Crippen MR) is 269 cm³/mol. The maximum absolute atomic E-state index is 12.5. The molecular formula is C60H57N3O. The number of rotatable bonds is 9. The molecule has 1 N–H and O–H groups in total. The van der Waals surface area contributed by atoms with Crippen LogP contribution in [0, 0.1) is 5.92 Å². The summed E-state index contributed by atoms with van der Waals surface area (Å²) >= 11 is 0. The summed E-state index contributed by atoms with van der Waals surface area (Å²) in [5, 5.41) is 12.5. The predicted octanol–water partition coefficient (Wildman–Crippen LogP) is 15.9. The molecule has 0 aliphatic carbocycles. The third kappa shape index (κ3) is 8.41. The van der Waals surface area contributed by atoms with E-state index in [-0.39, 0.29) is 16.6 Å². The van der Waals surface area contributed by atoms with Gasteiger partial charge in [0.1, 0.15) is 11.6 Å². The first-order valence-electron chi connectivity index (χ1n) is 22.5. The van der Waals surface area contributed by atoms with E-state index >= 15 is 0 Å². The number of pyridine rings is 1. The Labute approximate surface area is 379 Å². The molecule has 7 aromatic carbocycles. The molecule has 2 heterocycles. The van der Waals surface area contributed by atoms with Crippen molar-refractivity contribution in [2.45, 2.75) is 72.6 Å². The summed E-state index contributed by atoms with van der Waals surface area (Å²) in [6.45, 7) is 17.8. The molecule has 4 heteroatoms. The number of aromatic nitrogens is 3. The Bertz CT molecular complexity index is 3110. The van der Waals surface area contributed by atoms with Crippen LogP contribution in [0.2, 0.25) is 0 Å². The maximum atomic E-state index is 12.5. The van der Waals surface area contributed by atoms with Crippen molar-refractivity contribution >= 4 is 11.0 Å². The van der Waals surface area contributed by atoms with Crippen molar-refractivity contribution in [3.05, 3.63) is 193 Å². The van der Waals surface area contributed by atoms with Crippen LogP contribution in [0.3, 0.4) is 0 Å². The van der Waals surface area contributed by atoms with Crippen LogP contribution in [0.4, 0.5) is 0 Å². The van der Waals surface area contributed by atoms with Gasteiger partial charge >= 0.3 is 0 Å². The topological polar surface area (TPSA) is 50.9 Å². The average molecular weight is 836 g/mol. The van der Waals surface area contributed by atoms with Gasteiger partial charge in [0.05, 0.1) is 28.0 Å². The van der Waals surface area contributed by atoms with Crippen LogP contribution in [0.5, 0.6) is 5.75 Å². The molecule has 0 fully saturated rings. The molecule has 318 valence electrons. The lowest BCUT2D eigenvalue weighted by Gasteiger charge is -2.27. The van der Waals surface area contributed by atoms with E-state index in [2.05, 4.69) is 224 Å². The molecule has 0 spiro atoms. The van der Waals surface area contributed by atoms with E-state index in [1.54, 1.807) is 0 Å². The number of hydrogen-bond donors (Lipinski definition) is 1. The summed E-state index contributed by atoms with van der Waals surface area (Å²) in [7, 11) is 0. The highest BCUT2D eigenvalue weighted by Crippen LogP contribution is 2.46. The Morgan fingerprint density at radius 2 is 1.14 bits per heavy atom. The van der Waals surface area contributed by atoms with Crippen LogP contribution in [-0.4, -0.2) is 19.6 Å². The standard InChI is InChI=1S/C60H57N3O/c1-39(2)31-40-27-28-54(50(32-40)43-23-16-11-17-24-43)63-55-26-18-25-49(56(55)62-58(63)51-37-48(59(3,4)5)38-52(57(51)64)60(6,7)8)46-33-45(42-21-14-10-15-22-42)34-47(35-46)53-36-44(29-30-61-53)41-19-12-9-13-20-41/h9-30,32-39,64H,31H2,1-8H3. The second-order valence-corrected chi connectivity index (χ2v) is 19.6. The Morgan fingerprint density at radius 3 is 1.78 bits per heavy atom. The lowest BCUT2D eigenvalue weighted by Crippen LogP contribution is -2.17. The lowest BCUT2D eigenvalue weighted by molar-refractivity contribution is 0.446. The maximum Gasteiger partial charge on any atom is 0.149 e. The molecule has 2 aromatic heterocycles. The molecule has 0 aliphatic heterocycles. The lowest BCUT2D eigenvalue weighted by atomic mass is 9.79. The highest BCUT2D eigenvalue weighted by molar-refractivity contribution is 5.98. The molecule has 0 atom stereocenters. The monoisotopic (exact) mass is 835 g/mol. The second kappa shape index (κ2) is 16.9. The molecule has 9 aromatic rings. The van der Waals surface area contributed by atoms with Crippen molar-refractivity contribution < 1.29 is 5.11 Å². The van der Waals surface area contributed by atoms with Crippen LogP contribution in [0.15, 0.2) is 176 Å². The number of nitrogens with zero attached hydrogens (tertiary/aromatic N) is 3. The quantitative estimate of drug-likeness (QED) is 0.158. The third-order valence-electron chi connectivity index (χ3n) is 12.3. The van der Waals surface area contributed by atoms with Crippen LogP contribution in [-0.2, 0) is 17.3 Å². The zero-order valence-corrected chi connectivity index (χ0v) is 38.3. The molecule has 4 nitrogen and oxygen atoms in total. The summed E-state index contributed by atoms with van der Waals surface area (Å²) < 4.78 is 2.29. The minimum absolute atomic E-state index is 0.182. The normalized spacial score (nSPS) is 12.0. The van der Waals surface area contributed by atoms with Gasteiger partial charge in [0.2, 0.25) is 0 Å². The third-order valence-corrected chi connectivity index (χ3v) is 12.3. The first kappa shape index (κ1) is 42.3. The second-order valence-electron chi connectivity index (χ2n) is 19.6. The Morgan fingerprint density at radius 1 is 0.516 bits per heavy atom. The van der Waals surface area contributed by atoms with Gasteiger partial charge in [-0.2, -0.15) is 0 Å². The first-order valence-corrected chi connectivity index (χ1v) is 22.5. The van der Waals surface area contributed by atoms with Gasteiger partial charge in [-0.3, -0.25) is 9.55 Å². The van der Waals surface area contributed by atoms with E-state index in [4.69, 9.17) is 9.97 Å². The fourth-order valence-electron chi connectivity index (χ4n) is 8.92. The molecule has 0 saturated carbocycles.